The molecule has 0 aliphatic heterocycles. The third kappa shape index (κ3) is 9.35. The largest absolute Gasteiger partial charge is 0.495 e. The van der Waals surface area contributed by atoms with Crippen molar-refractivity contribution < 1.29 is 22.7 Å². The van der Waals surface area contributed by atoms with Crippen LogP contribution in [0.3, 0.4) is 0 Å². The summed E-state index contributed by atoms with van der Waals surface area (Å²) in [5, 5.41) is 3.95. The summed E-state index contributed by atoms with van der Waals surface area (Å²) in [7, 11) is -2.91. The Bertz CT molecular complexity index is 1850. The van der Waals surface area contributed by atoms with Gasteiger partial charge in [0.1, 0.15) is 18.3 Å². The van der Waals surface area contributed by atoms with Gasteiger partial charge in [-0.3, -0.25) is 13.9 Å². The molecule has 1 saturated carbocycles. The third-order valence-corrected chi connectivity index (χ3v) is 11.0. The van der Waals surface area contributed by atoms with Crippen LogP contribution in [-0.4, -0.2) is 50.9 Å². The van der Waals surface area contributed by atoms with Gasteiger partial charge in [0.15, 0.2) is 0 Å². The first-order valence-corrected chi connectivity index (χ1v) is 18.6. The zero-order valence-electron chi connectivity index (χ0n) is 27.6. The Hall–Kier alpha value is -4.05. The summed E-state index contributed by atoms with van der Waals surface area (Å²) in [5.74, 6) is -0.665. The molecule has 258 valence electrons. The number of rotatable bonds is 13. The number of amides is 2. The minimum Gasteiger partial charge on any atom is -0.495 e. The van der Waals surface area contributed by atoms with Crippen LogP contribution in [0.2, 0.25) is 10.0 Å². The van der Waals surface area contributed by atoms with Gasteiger partial charge < -0.3 is 15.0 Å². The molecule has 49 heavy (non-hydrogen) atoms. The van der Waals surface area contributed by atoms with Gasteiger partial charge in [0.05, 0.1) is 17.7 Å². The molecule has 0 saturated heterocycles. The van der Waals surface area contributed by atoms with E-state index in [-0.39, 0.29) is 46.3 Å². The first-order valence-electron chi connectivity index (χ1n) is 16.4. The van der Waals surface area contributed by atoms with Crippen molar-refractivity contribution >= 4 is 50.7 Å². The number of nitrogens with one attached hydrogen (secondary N) is 1. The molecule has 11 heteroatoms. The molecule has 0 bridgehead atoms. The lowest BCUT2D eigenvalue weighted by Gasteiger charge is -2.35. The molecule has 1 N–H and O–H groups in total. The Kier molecular flexibility index (Phi) is 12.3. The van der Waals surface area contributed by atoms with E-state index in [1.807, 2.05) is 43.3 Å². The SMILES string of the molecule is COc1ccc(Cl)cc1N(CC(=O)N(Cc1cccc(Cl)c1)[C@H](Cc1ccccc1)C(=O)NC1CCCCC1)S(=O)(=O)c1ccc(C)cc1. The lowest BCUT2D eigenvalue weighted by atomic mass is 9.94. The van der Waals surface area contributed by atoms with E-state index in [0.29, 0.717) is 10.6 Å². The minimum absolute atomic E-state index is 0.00298. The van der Waals surface area contributed by atoms with Gasteiger partial charge in [-0.05, 0) is 73.4 Å². The normalized spacial score (nSPS) is 14.1. The molecule has 0 unspecified atom stereocenters. The fraction of sp³-hybridized carbons (Fsp3) is 0.316. The van der Waals surface area contributed by atoms with Crippen LogP contribution in [0, 0.1) is 6.92 Å². The van der Waals surface area contributed by atoms with Gasteiger partial charge in [0.2, 0.25) is 11.8 Å². The Morgan fingerprint density at radius 1 is 0.857 bits per heavy atom. The van der Waals surface area contributed by atoms with Crippen LogP contribution >= 0.6 is 23.2 Å². The van der Waals surface area contributed by atoms with E-state index in [1.165, 1.54) is 30.2 Å². The van der Waals surface area contributed by atoms with Gasteiger partial charge in [0, 0.05) is 29.1 Å². The van der Waals surface area contributed by atoms with Gasteiger partial charge in [-0.25, -0.2) is 8.42 Å². The lowest BCUT2D eigenvalue weighted by molar-refractivity contribution is -0.140. The van der Waals surface area contributed by atoms with Gasteiger partial charge in [-0.15, -0.1) is 0 Å². The summed E-state index contributed by atoms with van der Waals surface area (Å²) in [6.45, 7) is 1.24. The van der Waals surface area contributed by atoms with Crippen LogP contribution in [0.15, 0.2) is 102 Å². The van der Waals surface area contributed by atoms with Crippen molar-refractivity contribution in [1.29, 1.82) is 0 Å². The number of ether oxygens (including phenoxy) is 1. The summed E-state index contributed by atoms with van der Waals surface area (Å²) in [6.07, 6.45) is 5.11. The maximum atomic E-state index is 14.8. The Balaban J connectivity index is 1.60. The van der Waals surface area contributed by atoms with Gasteiger partial charge >= 0.3 is 0 Å². The van der Waals surface area contributed by atoms with Gasteiger partial charge in [-0.2, -0.15) is 0 Å². The fourth-order valence-corrected chi connectivity index (χ4v) is 7.93. The highest BCUT2D eigenvalue weighted by atomic mass is 35.5. The van der Waals surface area contributed by atoms with Crippen LogP contribution in [0.4, 0.5) is 5.69 Å². The molecule has 4 aromatic carbocycles. The van der Waals surface area contributed by atoms with Crippen molar-refractivity contribution in [3.63, 3.8) is 0 Å². The van der Waals surface area contributed by atoms with Crippen molar-refractivity contribution in [1.82, 2.24) is 10.2 Å². The second-order valence-corrected chi connectivity index (χ2v) is 15.1. The van der Waals surface area contributed by atoms with Crippen LogP contribution < -0.4 is 14.4 Å². The number of aryl methyl sites for hydroxylation is 1. The molecule has 0 radical (unpaired) electrons. The van der Waals surface area contributed by atoms with E-state index in [2.05, 4.69) is 5.32 Å². The first kappa shape index (κ1) is 36.2. The highest BCUT2D eigenvalue weighted by molar-refractivity contribution is 7.92. The van der Waals surface area contributed by atoms with E-state index in [1.54, 1.807) is 42.5 Å². The van der Waals surface area contributed by atoms with Crippen molar-refractivity contribution in [3.05, 3.63) is 124 Å². The number of methoxy groups -OCH3 is 1. The molecule has 0 aromatic heterocycles. The molecule has 8 nitrogen and oxygen atoms in total. The van der Waals surface area contributed by atoms with Crippen molar-refractivity contribution in [3.8, 4) is 5.75 Å². The predicted octanol–water partition coefficient (Wildman–Crippen LogP) is 7.59. The second kappa shape index (κ2) is 16.6. The molecular formula is C38H41Cl2N3O5S. The van der Waals surface area contributed by atoms with Gasteiger partial charge in [-0.1, -0.05) is 103 Å². The van der Waals surface area contributed by atoms with Gasteiger partial charge in [0.25, 0.3) is 10.0 Å². The predicted molar refractivity (Wildman–Crippen MR) is 195 cm³/mol. The Labute approximate surface area is 299 Å². The number of anilines is 1. The van der Waals surface area contributed by atoms with E-state index < -0.39 is 28.5 Å². The van der Waals surface area contributed by atoms with E-state index in [4.69, 9.17) is 27.9 Å². The summed E-state index contributed by atoms with van der Waals surface area (Å²) in [4.78, 5) is 30.5. The summed E-state index contributed by atoms with van der Waals surface area (Å²) < 4.78 is 35.4. The highest BCUT2D eigenvalue weighted by Gasteiger charge is 2.36. The fourth-order valence-electron chi connectivity index (χ4n) is 6.14. The van der Waals surface area contributed by atoms with E-state index >= 15 is 0 Å². The summed E-state index contributed by atoms with van der Waals surface area (Å²) in [5.41, 5.74) is 2.52. The molecule has 0 heterocycles. The van der Waals surface area contributed by atoms with Crippen LogP contribution in [0.5, 0.6) is 5.75 Å². The molecule has 0 spiro atoms. The summed E-state index contributed by atoms with van der Waals surface area (Å²) in [6, 6.07) is 26.6. The van der Waals surface area contributed by atoms with Crippen molar-refractivity contribution in [2.24, 2.45) is 0 Å². The Morgan fingerprint density at radius 3 is 2.20 bits per heavy atom. The number of carbonyl (C=O) groups is 2. The molecular weight excluding hydrogens is 681 g/mol. The third-order valence-electron chi connectivity index (χ3n) is 8.76. The number of nitrogens with zero attached hydrogens (tertiary/aromatic N) is 2. The maximum Gasteiger partial charge on any atom is 0.264 e. The van der Waals surface area contributed by atoms with E-state index in [9.17, 15) is 18.0 Å². The molecule has 1 aliphatic rings. The van der Waals surface area contributed by atoms with Crippen molar-refractivity contribution in [2.75, 3.05) is 18.0 Å². The molecule has 5 rings (SSSR count). The number of hydrogen-bond acceptors (Lipinski definition) is 5. The van der Waals surface area contributed by atoms with Crippen LogP contribution in [0.1, 0.15) is 48.8 Å². The average Bonchev–Trinajstić information content (AvgIpc) is 3.09. The number of halogens is 2. The Morgan fingerprint density at radius 2 is 1.53 bits per heavy atom. The molecule has 1 aliphatic carbocycles. The van der Waals surface area contributed by atoms with Crippen molar-refractivity contribution in [2.45, 2.75) is 69.0 Å². The topological polar surface area (TPSA) is 96.0 Å². The number of carbonyl (C=O) groups excluding carboxylic acids is 2. The lowest BCUT2D eigenvalue weighted by Crippen LogP contribution is -2.55. The average molecular weight is 723 g/mol. The number of benzene rings is 4. The second-order valence-electron chi connectivity index (χ2n) is 12.3. The monoisotopic (exact) mass is 721 g/mol. The zero-order valence-corrected chi connectivity index (χ0v) is 30.0. The van der Waals surface area contributed by atoms with Crippen LogP contribution in [0.25, 0.3) is 0 Å². The minimum atomic E-state index is -4.33. The molecule has 1 fully saturated rings. The maximum absolute atomic E-state index is 14.8. The zero-order chi connectivity index (χ0) is 35.0. The molecule has 1 atom stereocenters. The smallest absolute Gasteiger partial charge is 0.264 e. The summed E-state index contributed by atoms with van der Waals surface area (Å²) >= 11 is 12.8. The van der Waals surface area contributed by atoms with E-state index in [0.717, 1.165) is 47.5 Å². The molecule has 4 aromatic rings. The first-order chi connectivity index (χ1) is 23.5. The quantitative estimate of drug-likeness (QED) is 0.154. The standard InChI is InChI=1S/C38H41Cl2N3O5S/c1-27-16-19-33(20-17-27)49(46,47)43(34-24-31(40)18-21-36(34)48-2)26-37(44)42(25-29-12-9-13-30(39)22-29)35(23-28-10-5-3-6-11-28)38(45)41-32-14-7-4-8-15-32/h3,5-6,9-13,16-22,24,32,35H,4,7-8,14-15,23,25-26H2,1-2H3,(H,41,45)/t35-/m1/s1. The molecule has 2 amide bonds. The number of hydrogen-bond donors (Lipinski definition) is 1. The van der Waals surface area contributed by atoms with Crippen LogP contribution in [-0.2, 0) is 32.6 Å². The highest BCUT2D eigenvalue weighted by Crippen LogP contribution is 2.35. The number of sulfonamides is 1.